The van der Waals surface area contributed by atoms with Gasteiger partial charge < -0.3 is 5.32 Å². The highest BCUT2D eigenvalue weighted by atomic mass is 35.5. The molecule has 150 valence electrons. The number of hydrogen-bond acceptors (Lipinski definition) is 4. The average Bonchev–Trinajstić information content (AvgIpc) is 3.35. The fourth-order valence-electron chi connectivity index (χ4n) is 3.47. The molecule has 4 rings (SSSR count). The Morgan fingerprint density at radius 1 is 1.14 bits per heavy atom. The smallest absolute Gasteiger partial charge is 0.225 e. The molecule has 2 aromatic carbocycles. The number of aromatic nitrogens is 2. The molecular formula is C21H20ClN3O3S. The van der Waals surface area contributed by atoms with Crippen molar-refractivity contribution in [3.05, 3.63) is 71.0 Å². The van der Waals surface area contributed by atoms with E-state index in [2.05, 4.69) is 10.4 Å². The highest BCUT2D eigenvalue weighted by molar-refractivity contribution is 7.91. The third-order valence-electron chi connectivity index (χ3n) is 4.99. The van der Waals surface area contributed by atoms with Gasteiger partial charge in [0, 0.05) is 6.42 Å². The van der Waals surface area contributed by atoms with Gasteiger partial charge in [0.2, 0.25) is 5.91 Å². The fourth-order valence-corrected chi connectivity index (χ4v) is 4.98. The average molecular weight is 430 g/mol. The van der Waals surface area contributed by atoms with Crippen LogP contribution >= 0.6 is 11.6 Å². The van der Waals surface area contributed by atoms with Gasteiger partial charge >= 0.3 is 0 Å². The zero-order chi connectivity index (χ0) is 20.4. The molecule has 0 fully saturated rings. The molecule has 8 heteroatoms. The molecule has 0 saturated carbocycles. The third kappa shape index (κ3) is 4.36. The number of sulfone groups is 1. The van der Waals surface area contributed by atoms with E-state index < -0.39 is 9.84 Å². The number of nitrogens with zero attached hydrogens (tertiary/aromatic N) is 2. The summed E-state index contributed by atoms with van der Waals surface area (Å²) in [4.78, 5) is 12.5. The van der Waals surface area contributed by atoms with E-state index in [4.69, 9.17) is 11.6 Å². The van der Waals surface area contributed by atoms with E-state index in [-0.39, 0.29) is 23.0 Å². The molecule has 0 spiro atoms. The lowest BCUT2D eigenvalue weighted by molar-refractivity contribution is -0.115. The first-order valence-corrected chi connectivity index (χ1v) is 11.4. The molecular weight excluding hydrogens is 410 g/mol. The van der Waals surface area contributed by atoms with E-state index in [9.17, 15) is 13.2 Å². The van der Waals surface area contributed by atoms with Crippen LogP contribution in [0.3, 0.4) is 0 Å². The minimum absolute atomic E-state index is 0.128. The lowest BCUT2D eigenvalue weighted by Crippen LogP contribution is -2.17. The Morgan fingerprint density at radius 3 is 2.76 bits per heavy atom. The van der Waals surface area contributed by atoms with Crippen LogP contribution in [0.25, 0.3) is 5.69 Å². The molecule has 0 bridgehead atoms. The molecule has 6 nitrogen and oxygen atoms in total. The lowest BCUT2D eigenvalue weighted by atomic mass is 10.1. The number of carbonyl (C=O) groups excluding carboxylic acids is 1. The zero-order valence-corrected chi connectivity index (χ0v) is 17.2. The summed E-state index contributed by atoms with van der Waals surface area (Å²) in [6.45, 7) is 0. The fraction of sp³-hybridized carbons (Fsp3) is 0.238. The molecule has 3 aromatic rings. The molecule has 0 saturated heterocycles. The number of rotatable bonds is 6. The minimum atomic E-state index is -3.51. The van der Waals surface area contributed by atoms with Crippen LogP contribution in [0.4, 0.5) is 5.69 Å². The summed E-state index contributed by atoms with van der Waals surface area (Å²) in [6.07, 6.45) is 5.97. The molecule has 0 unspecified atom stereocenters. The number of amides is 1. The van der Waals surface area contributed by atoms with E-state index in [0.717, 1.165) is 24.8 Å². The van der Waals surface area contributed by atoms with Gasteiger partial charge in [0.05, 0.1) is 39.4 Å². The maximum Gasteiger partial charge on any atom is 0.225 e. The van der Waals surface area contributed by atoms with Gasteiger partial charge in [-0.1, -0.05) is 29.8 Å². The van der Waals surface area contributed by atoms with Crippen LogP contribution < -0.4 is 5.32 Å². The first-order valence-electron chi connectivity index (χ1n) is 9.36. The van der Waals surface area contributed by atoms with Gasteiger partial charge in [-0.25, -0.2) is 13.1 Å². The standard InChI is InChI=1S/C21H20ClN3O3S/c22-19-6-1-2-7-20(19)25-14-17(13-23-25)24-21(26)10-11-29(27,28)18-9-8-15-4-3-5-16(15)12-18/h1-2,6-9,12-14H,3-5,10-11H2,(H,24,26). The molecule has 1 N–H and O–H groups in total. The number of benzene rings is 2. The van der Waals surface area contributed by atoms with Gasteiger partial charge in [0.1, 0.15) is 0 Å². The van der Waals surface area contributed by atoms with Gasteiger partial charge in [-0.2, -0.15) is 5.10 Å². The van der Waals surface area contributed by atoms with E-state index in [1.807, 2.05) is 24.3 Å². The second-order valence-corrected chi connectivity index (χ2v) is 9.54. The van der Waals surface area contributed by atoms with Gasteiger partial charge in [0.15, 0.2) is 9.84 Å². The Bertz CT molecular complexity index is 1170. The SMILES string of the molecule is O=C(CCS(=O)(=O)c1ccc2c(c1)CCC2)Nc1cnn(-c2ccccc2Cl)c1. The van der Waals surface area contributed by atoms with Gasteiger partial charge in [-0.3, -0.25) is 4.79 Å². The van der Waals surface area contributed by atoms with Gasteiger partial charge in [-0.15, -0.1) is 0 Å². The monoisotopic (exact) mass is 429 g/mol. The normalized spacial score (nSPS) is 13.3. The molecule has 29 heavy (non-hydrogen) atoms. The third-order valence-corrected chi connectivity index (χ3v) is 7.03. The largest absolute Gasteiger partial charge is 0.323 e. The van der Waals surface area contributed by atoms with Crippen molar-refractivity contribution in [2.24, 2.45) is 0 Å². The van der Waals surface area contributed by atoms with E-state index in [1.54, 1.807) is 29.1 Å². The summed E-state index contributed by atoms with van der Waals surface area (Å²) in [5.74, 6) is -0.621. The summed E-state index contributed by atoms with van der Waals surface area (Å²) < 4.78 is 26.8. The number of fused-ring (bicyclic) bond motifs is 1. The number of carbonyl (C=O) groups is 1. The predicted octanol–water partition coefficient (Wildman–Crippen LogP) is 3.82. The summed E-state index contributed by atoms with van der Waals surface area (Å²) in [5, 5.41) is 7.41. The second-order valence-electron chi connectivity index (χ2n) is 7.03. The number of halogens is 1. The van der Waals surface area contributed by atoms with Crippen LogP contribution in [-0.2, 0) is 27.5 Å². The maximum atomic E-state index is 12.6. The second kappa shape index (κ2) is 8.00. The highest BCUT2D eigenvalue weighted by Crippen LogP contribution is 2.25. The predicted molar refractivity (Wildman–Crippen MR) is 112 cm³/mol. The Balaban J connectivity index is 1.38. The summed E-state index contributed by atoms with van der Waals surface area (Å²) >= 11 is 6.15. The molecule has 1 heterocycles. The van der Waals surface area contributed by atoms with Crippen molar-refractivity contribution >= 4 is 33.0 Å². The van der Waals surface area contributed by atoms with E-state index >= 15 is 0 Å². The zero-order valence-electron chi connectivity index (χ0n) is 15.6. The van der Waals surface area contributed by atoms with Crippen molar-refractivity contribution in [2.45, 2.75) is 30.6 Å². The van der Waals surface area contributed by atoms with Gasteiger partial charge in [-0.05, 0) is 54.7 Å². The van der Waals surface area contributed by atoms with Crippen LogP contribution in [0.5, 0.6) is 0 Å². The van der Waals surface area contributed by atoms with Gasteiger partial charge in [0.25, 0.3) is 0 Å². The first kappa shape index (κ1) is 19.7. The Hall–Kier alpha value is -2.64. The van der Waals surface area contributed by atoms with Crippen LogP contribution in [0.15, 0.2) is 59.8 Å². The highest BCUT2D eigenvalue weighted by Gasteiger charge is 2.20. The maximum absolute atomic E-state index is 12.6. The number of hydrogen-bond donors (Lipinski definition) is 1. The topological polar surface area (TPSA) is 81.1 Å². The van der Waals surface area contributed by atoms with Crippen molar-refractivity contribution < 1.29 is 13.2 Å². The van der Waals surface area contributed by atoms with Crippen LogP contribution in [0.2, 0.25) is 5.02 Å². The van der Waals surface area contributed by atoms with E-state index in [0.29, 0.717) is 16.4 Å². The van der Waals surface area contributed by atoms with E-state index in [1.165, 1.54) is 11.8 Å². The summed E-state index contributed by atoms with van der Waals surface area (Å²) in [7, 11) is -3.51. The molecule has 0 radical (unpaired) electrons. The summed E-state index contributed by atoms with van der Waals surface area (Å²) in [5.41, 5.74) is 3.48. The molecule has 1 aromatic heterocycles. The van der Waals surface area contributed by atoms with Crippen molar-refractivity contribution in [3.8, 4) is 5.69 Å². The van der Waals surface area contributed by atoms with Crippen LogP contribution in [0.1, 0.15) is 24.0 Å². The van der Waals surface area contributed by atoms with Crippen LogP contribution in [0, 0.1) is 0 Å². The van der Waals surface area contributed by atoms with Crippen LogP contribution in [-0.4, -0.2) is 29.9 Å². The number of anilines is 1. The Kier molecular flexibility index (Phi) is 5.43. The number of nitrogens with one attached hydrogen (secondary N) is 1. The molecule has 1 aliphatic carbocycles. The van der Waals surface area contributed by atoms with Crippen molar-refractivity contribution in [1.29, 1.82) is 0 Å². The molecule has 0 aliphatic heterocycles. The van der Waals surface area contributed by atoms with Crippen molar-refractivity contribution in [3.63, 3.8) is 0 Å². The Labute approximate surface area is 174 Å². The van der Waals surface area contributed by atoms with Crippen molar-refractivity contribution in [2.75, 3.05) is 11.1 Å². The summed E-state index contributed by atoms with van der Waals surface area (Å²) in [6, 6.07) is 12.5. The number of aryl methyl sites for hydroxylation is 2. The molecule has 1 aliphatic rings. The minimum Gasteiger partial charge on any atom is -0.323 e. The lowest BCUT2D eigenvalue weighted by Gasteiger charge is -2.07. The quantitative estimate of drug-likeness (QED) is 0.645. The molecule has 0 atom stereocenters. The molecule has 1 amide bonds. The first-order chi connectivity index (χ1) is 13.9. The Morgan fingerprint density at radius 2 is 1.93 bits per heavy atom. The number of para-hydroxylation sites is 1. The van der Waals surface area contributed by atoms with Crippen molar-refractivity contribution in [1.82, 2.24) is 9.78 Å².